The van der Waals surface area contributed by atoms with Crippen LogP contribution in [0, 0.1) is 0 Å². The van der Waals surface area contributed by atoms with Crippen molar-refractivity contribution in [2.45, 2.75) is 13.0 Å². The third-order valence-corrected chi connectivity index (χ3v) is 5.68. The first-order chi connectivity index (χ1) is 9.65. The van der Waals surface area contributed by atoms with Gasteiger partial charge in [-0.1, -0.05) is 11.6 Å². The van der Waals surface area contributed by atoms with E-state index < -0.39 is 0 Å². The molecule has 0 saturated heterocycles. The summed E-state index contributed by atoms with van der Waals surface area (Å²) in [7, 11) is 1.87. The van der Waals surface area contributed by atoms with Crippen molar-refractivity contribution in [2.24, 2.45) is 5.10 Å². The first-order valence-corrected chi connectivity index (χ1v) is 10.3. The van der Waals surface area contributed by atoms with E-state index in [0.717, 1.165) is 24.4 Å². The van der Waals surface area contributed by atoms with Crippen LogP contribution in [0.4, 0.5) is 0 Å². The molecule has 1 N–H and O–H groups in total. The minimum absolute atomic E-state index is 0.168. The molecular weight excluding hydrogens is 411 g/mol. The van der Waals surface area contributed by atoms with Gasteiger partial charge in [0.05, 0.1) is 42.5 Å². The molecule has 1 aromatic heterocycles. The largest absolute Gasteiger partial charge is 0.363 e. The Labute approximate surface area is 137 Å². The normalized spacial score (nSPS) is 16.6. The second kappa shape index (κ2) is 7.38. The lowest BCUT2D eigenvalue weighted by atomic mass is 10.1. The Kier molecular flexibility index (Phi) is 5.80. The highest BCUT2D eigenvalue weighted by molar-refractivity contribution is 14.2. The number of hydrazone groups is 1. The third-order valence-electron chi connectivity index (χ3n) is 2.94. The number of aromatic amines is 1. The van der Waals surface area contributed by atoms with Gasteiger partial charge in [-0.2, -0.15) is 5.10 Å². The lowest BCUT2D eigenvalue weighted by Crippen LogP contribution is -2.31. The van der Waals surface area contributed by atoms with Gasteiger partial charge in [-0.15, -0.1) is 0 Å². The molecule has 2 rings (SSSR count). The second-order valence-corrected chi connectivity index (χ2v) is 6.87. The highest BCUT2D eigenvalue weighted by Crippen LogP contribution is 2.25. The molecule has 108 valence electrons. The van der Waals surface area contributed by atoms with Gasteiger partial charge in [0.1, 0.15) is 5.03 Å². The highest BCUT2D eigenvalue weighted by atomic mass is 127. The number of imidazole rings is 1. The number of halogens is 2. The number of hydrogen-bond acceptors (Lipinski definition) is 5. The van der Waals surface area contributed by atoms with Crippen molar-refractivity contribution in [3.63, 3.8) is 0 Å². The Morgan fingerprint density at radius 1 is 1.75 bits per heavy atom. The molecular formula is C11H14ClIN5OP. The molecule has 0 radical (unpaired) electrons. The van der Waals surface area contributed by atoms with Crippen molar-refractivity contribution in [1.29, 1.82) is 0 Å². The number of H-pyrrole nitrogens is 1. The summed E-state index contributed by atoms with van der Waals surface area (Å²) in [6, 6.07) is 0. The molecule has 1 aliphatic heterocycles. The summed E-state index contributed by atoms with van der Waals surface area (Å²) >= 11 is 8.26. The number of hydrogen-bond donors (Lipinski definition) is 1. The van der Waals surface area contributed by atoms with Crippen LogP contribution in [-0.2, 0) is 17.8 Å². The van der Waals surface area contributed by atoms with Crippen molar-refractivity contribution in [3.8, 4) is 0 Å². The van der Waals surface area contributed by atoms with Crippen molar-refractivity contribution in [1.82, 2.24) is 19.6 Å². The van der Waals surface area contributed by atoms with E-state index in [9.17, 15) is 4.79 Å². The fourth-order valence-electron chi connectivity index (χ4n) is 1.94. The molecule has 1 aromatic rings. The van der Waals surface area contributed by atoms with Crippen molar-refractivity contribution in [2.75, 3.05) is 13.6 Å². The number of nitrogens with zero attached hydrogens (tertiary/aromatic N) is 4. The molecule has 0 bridgehead atoms. The van der Waals surface area contributed by atoms with Crippen LogP contribution in [0.5, 0.6) is 0 Å². The Balaban J connectivity index is 2.21. The molecule has 20 heavy (non-hydrogen) atoms. The van der Waals surface area contributed by atoms with E-state index in [1.165, 1.54) is 0 Å². The lowest BCUT2D eigenvalue weighted by Gasteiger charge is -2.29. The maximum Gasteiger partial charge on any atom is 0.163 e. The molecule has 1 atom stereocenters. The third kappa shape index (κ3) is 3.71. The standard InChI is InChI=1S/C11H14ClIN5OP/c1-17(20-13)16-4-11(8(12)6-19)18-3-2-9-10(5-18)15-7-14-9/h4,6-7,20H,2-3,5H2,1H3,(H,14,15)/b11-8-,16-4-. The highest BCUT2D eigenvalue weighted by Gasteiger charge is 2.21. The minimum atomic E-state index is 0.168. The predicted molar refractivity (Wildman–Crippen MR) is 90.2 cm³/mol. The second-order valence-electron chi connectivity index (χ2n) is 4.20. The molecule has 2 heterocycles. The number of aldehydes is 1. The molecule has 0 amide bonds. The van der Waals surface area contributed by atoms with Gasteiger partial charge < -0.3 is 9.88 Å². The van der Waals surface area contributed by atoms with E-state index >= 15 is 0 Å². The summed E-state index contributed by atoms with van der Waals surface area (Å²) in [5, 5.41) is 4.44. The van der Waals surface area contributed by atoms with Gasteiger partial charge in [0.25, 0.3) is 0 Å². The van der Waals surface area contributed by atoms with Crippen LogP contribution >= 0.6 is 40.0 Å². The van der Waals surface area contributed by atoms with Crippen molar-refractivity contribution in [3.05, 3.63) is 28.4 Å². The molecule has 1 aliphatic rings. The van der Waals surface area contributed by atoms with E-state index in [1.54, 1.807) is 17.3 Å². The molecule has 0 aromatic carbocycles. The number of fused-ring (bicyclic) bond motifs is 1. The lowest BCUT2D eigenvalue weighted by molar-refractivity contribution is -0.104. The average molecular weight is 426 g/mol. The summed E-state index contributed by atoms with van der Waals surface area (Å²) in [6.45, 7) is 1.41. The van der Waals surface area contributed by atoms with Crippen molar-refractivity contribution >= 4 is 52.5 Å². The Hall–Kier alpha value is -0.660. The monoisotopic (exact) mass is 425 g/mol. The summed E-state index contributed by atoms with van der Waals surface area (Å²) in [6.07, 6.45) is 5.33. The molecule has 9 heteroatoms. The Bertz CT molecular complexity index is 547. The molecule has 6 nitrogen and oxygen atoms in total. The number of carbonyl (C=O) groups is 1. The van der Waals surface area contributed by atoms with E-state index in [2.05, 4.69) is 37.1 Å². The minimum Gasteiger partial charge on any atom is -0.363 e. The van der Waals surface area contributed by atoms with Gasteiger partial charge in [0.2, 0.25) is 0 Å². The molecule has 1 unspecified atom stereocenters. The smallest absolute Gasteiger partial charge is 0.163 e. The van der Waals surface area contributed by atoms with Crippen LogP contribution < -0.4 is 0 Å². The van der Waals surface area contributed by atoms with Gasteiger partial charge in [0, 0.05) is 20.0 Å². The van der Waals surface area contributed by atoms with Gasteiger partial charge in [-0.3, -0.25) is 9.57 Å². The van der Waals surface area contributed by atoms with Gasteiger partial charge in [-0.25, -0.2) is 4.98 Å². The molecule has 0 aliphatic carbocycles. The molecule has 0 fully saturated rings. The fourth-order valence-corrected chi connectivity index (χ4v) is 2.58. The Morgan fingerprint density at radius 3 is 3.25 bits per heavy atom. The fraction of sp³-hybridized carbons (Fsp3) is 0.364. The summed E-state index contributed by atoms with van der Waals surface area (Å²) in [5.41, 5.74) is 2.77. The Morgan fingerprint density at radius 2 is 2.55 bits per heavy atom. The van der Waals surface area contributed by atoms with Gasteiger partial charge in [-0.05, 0) is 22.0 Å². The number of rotatable bonds is 5. The van der Waals surface area contributed by atoms with E-state index in [4.69, 9.17) is 11.6 Å². The number of allylic oxidation sites excluding steroid dienone is 2. The maximum atomic E-state index is 11.0. The number of nitrogens with one attached hydrogen (secondary N) is 1. The van der Waals surface area contributed by atoms with Crippen LogP contribution in [0.2, 0.25) is 0 Å². The van der Waals surface area contributed by atoms with Gasteiger partial charge >= 0.3 is 0 Å². The molecule has 0 saturated carbocycles. The zero-order valence-corrected chi connectivity index (χ0v) is 14.7. The van der Waals surface area contributed by atoms with E-state index in [1.807, 2.05) is 11.9 Å². The molecule has 0 spiro atoms. The van der Waals surface area contributed by atoms with Gasteiger partial charge in [0.15, 0.2) is 6.29 Å². The quantitative estimate of drug-likeness (QED) is 0.196. The zero-order valence-electron chi connectivity index (χ0n) is 10.8. The predicted octanol–water partition coefficient (Wildman–Crippen LogP) is 2.28. The summed E-state index contributed by atoms with van der Waals surface area (Å²) < 4.78 is 1.79. The van der Waals surface area contributed by atoms with Crippen LogP contribution in [0.3, 0.4) is 0 Å². The van der Waals surface area contributed by atoms with Crippen molar-refractivity contribution < 1.29 is 4.79 Å². The van der Waals surface area contributed by atoms with E-state index in [-0.39, 0.29) is 5.03 Å². The number of aromatic nitrogens is 2. The van der Waals surface area contributed by atoms with Crippen LogP contribution in [-0.4, -0.2) is 45.7 Å². The summed E-state index contributed by atoms with van der Waals surface area (Å²) in [4.78, 5) is 20.4. The first kappa shape index (κ1) is 15.7. The van der Waals surface area contributed by atoms with Crippen LogP contribution in [0.1, 0.15) is 11.4 Å². The van der Waals surface area contributed by atoms with E-state index in [0.29, 0.717) is 24.9 Å². The first-order valence-electron chi connectivity index (χ1n) is 5.90. The topological polar surface area (TPSA) is 64.6 Å². The number of carbonyl (C=O) groups excluding carboxylic acids is 1. The SMILES string of the molecule is CN(/N=C\C(=C(\Cl)C=O)N1CCc2nc[nH]c2C1)PI. The average Bonchev–Trinajstić information content (AvgIpc) is 2.94. The summed E-state index contributed by atoms with van der Waals surface area (Å²) in [5.74, 6) is 0. The van der Waals surface area contributed by atoms with Crippen LogP contribution in [0.25, 0.3) is 0 Å². The zero-order chi connectivity index (χ0) is 14.5. The van der Waals surface area contributed by atoms with Crippen LogP contribution in [0.15, 0.2) is 22.2 Å². The maximum absolute atomic E-state index is 11.0.